The molecule has 4 heteroatoms. The predicted molar refractivity (Wildman–Crippen MR) is 66.7 cm³/mol. The predicted octanol–water partition coefficient (Wildman–Crippen LogP) is 3.21. The van der Waals surface area contributed by atoms with E-state index in [1.165, 1.54) is 9.75 Å². The SMILES string of the molecule is CCNC(c1cccs1)c1cnc(C)s1. The molecular formula is C11H14N2S2. The topological polar surface area (TPSA) is 24.9 Å². The Labute approximate surface area is 98.0 Å². The van der Waals surface area contributed by atoms with E-state index in [9.17, 15) is 0 Å². The summed E-state index contributed by atoms with van der Waals surface area (Å²) >= 11 is 3.56. The fourth-order valence-corrected chi connectivity index (χ4v) is 3.28. The molecule has 1 N–H and O–H groups in total. The number of aromatic nitrogens is 1. The molecule has 2 aromatic heterocycles. The lowest BCUT2D eigenvalue weighted by molar-refractivity contribution is 0.648. The Kier molecular flexibility index (Phi) is 3.51. The standard InChI is InChI=1S/C11H14N2S2/c1-3-12-11(9-5-4-6-14-9)10-7-13-8(2)15-10/h4-7,11-12H,3H2,1-2H3. The van der Waals surface area contributed by atoms with Gasteiger partial charge in [0.2, 0.25) is 0 Å². The molecule has 2 rings (SSSR count). The highest BCUT2D eigenvalue weighted by molar-refractivity contribution is 7.12. The van der Waals surface area contributed by atoms with Crippen molar-refractivity contribution in [3.63, 3.8) is 0 Å². The molecule has 0 aliphatic rings. The Morgan fingerprint density at radius 2 is 2.33 bits per heavy atom. The molecule has 15 heavy (non-hydrogen) atoms. The minimum Gasteiger partial charge on any atom is -0.305 e. The van der Waals surface area contributed by atoms with E-state index >= 15 is 0 Å². The second kappa shape index (κ2) is 4.88. The van der Waals surface area contributed by atoms with E-state index in [0.29, 0.717) is 6.04 Å². The van der Waals surface area contributed by atoms with Crippen LogP contribution in [-0.4, -0.2) is 11.5 Å². The van der Waals surface area contributed by atoms with E-state index in [1.807, 2.05) is 13.1 Å². The summed E-state index contributed by atoms with van der Waals surface area (Å²) in [5.74, 6) is 0. The lowest BCUT2D eigenvalue weighted by Crippen LogP contribution is -2.20. The van der Waals surface area contributed by atoms with Gasteiger partial charge in [-0.2, -0.15) is 0 Å². The first-order chi connectivity index (χ1) is 7.31. The highest BCUT2D eigenvalue weighted by atomic mass is 32.1. The average molecular weight is 238 g/mol. The summed E-state index contributed by atoms with van der Waals surface area (Å²) in [4.78, 5) is 6.98. The van der Waals surface area contributed by atoms with Crippen molar-refractivity contribution in [2.24, 2.45) is 0 Å². The summed E-state index contributed by atoms with van der Waals surface area (Å²) in [5.41, 5.74) is 0. The Morgan fingerprint density at radius 3 is 2.87 bits per heavy atom. The van der Waals surface area contributed by atoms with Gasteiger partial charge in [0.15, 0.2) is 0 Å². The van der Waals surface area contributed by atoms with Gasteiger partial charge in [0, 0.05) is 16.0 Å². The average Bonchev–Trinajstić information content (AvgIpc) is 2.85. The number of nitrogens with one attached hydrogen (secondary N) is 1. The van der Waals surface area contributed by atoms with Gasteiger partial charge < -0.3 is 5.32 Å². The molecule has 0 aliphatic heterocycles. The lowest BCUT2D eigenvalue weighted by Gasteiger charge is -2.13. The summed E-state index contributed by atoms with van der Waals surface area (Å²) in [7, 11) is 0. The van der Waals surface area contributed by atoms with Crippen LogP contribution in [0.25, 0.3) is 0 Å². The summed E-state index contributed by atoms with van der Waals surface area (Å²) in [6.45, 7) is 5.15. The Morgan fingerprint density at radius 1 is 1.47 bits per heavy atom. The van der Waals surface area contributed by atoms with E-state index in [4.69, 9.17) is 0 Å². The summed E-state index contributed by atoms with van der Waals surface area (Å²) in [5, 5.41) is 6.74. The van der Waals surface area contributed by atoms with Crippen LogP contribution in [0.15, 0.2) is 23.7 Å². The highest BCUT2D eigenvalue weighted by Gasteiger charge is 2.15. The number of nitrogens with zero attached hydrogens (tertiary/aromatic N) is 1. The van der Waals surface area contributed by atoms with Crippen molar-refractivity contribution < 1.29 is 0 Å². The smallest absolute Gasteiger partial charge is 0.0897 e. The molecule has 0 fully saturated rings. The first kappa shape index (κ1) is 10.8. The van der Waals surface area contributed by atoms with Crippen LogP contribution in [0, 0.1) is 6.92 Å². The molecule has 0 saturated carbocycles. The number of thiazole rings is 1. The Hall–Kier alpha value is -0.710. The van der Waals surface area contributed by atoms with E-state index in [2.05, 4.69) is 34.7 Å². The van der Waals surface area contributed by atoms with E-state index < -0.39 is 0 Å². The minimum atomic E-state index is 0.321. The van der Waals surface area contributed by atoms with Crippen LogP contribution in [-0.2, 0) is 0 Å². The van der Waals surface area contributed by atoms with E-state index in [0.717, 1.165) is 11.6 Å². The quantitative estimate of drug-likeness (QED) is 0.884. The molecule has 80 valence electrons. The molecule has 0 aliphatic carbocycles. The number of aryl methyl sites for hydroxylation is 1. The van der Waals surface area contributed by atoms with Crippen LogP contribution < -0.4 is 5.32 Å². The van der Waals surface area contributed by atoms with Gasteiger partial charge in [0.25, 0.3) is 0 Å². The van der Waals surface area contributed by atoms with Crippen LogP contribution in [0.5, 0.6) is 0 Å². The summed E-state index contributed by atoms with van der Waals surface area (Å²) in [6.07, 6.45) is 1.98. The van der Waals surface area contributed by atoms with Crippen molar-refractivity contribution in [3.05, 3.63) is 38.5 Å². The second-order valence-corrected chi connectivity index (χ2v) is 5.53. The molecule has 2 heterocycles. The number of hydrogen-bond donors (Lipinski definition) is 1. The number of rotatable bonds is 4. The van der Waals surface area contributed by atoms with Gasteiger partial charge in [0.1, 0.15) is 0 Å². The van der Waals surface area contributed by atoms with Gasteiger partial charge in [-0.25, -0.2) is 4.98 Å². The van der Waals surface area contributed by atoms with Gasteiger partial charge in [-0.1, -0.05) is 13.0 Å². The molecule has 2 aromatic rings. The fourth-order valence-electron chi connectivity index (χ4n) is 1.51. The van der Waals surface area contributed by atoms with Crippen molar-refractivity contribution in [2.45, 2.75) is 19.9 Å². The molecule has 0 radical (unpaired) electrons. The van der Waals surface area contributed by atoms with Gasteiger partial charge in [-0.05, 0) is 24.9 Å². The number of thiophene rings is 1. The van der Waals surface area contributed by atoms with Crippen molar-refractivity contribution in [2.75, 3.05) is 6.54 Å². The van der Waals surface area contributed by atoms with Crippen LogP contribution in [0.1, 0.15) is 27.7 Å². The maximum atomic E-state index is 4.31. The van der Waals surface area contributed by atoms with Gasteiger partial charge in [-0.15, -0.1) is 22.7 Å². The minimum absolute atomic E-state index is 0.321. The normalized spacial score (nSPS) is 12.9. The molecule has 1 unspecified atom stereocenters. The maximum Gasteiger partial charge on any atom is 0.0897 e. The lowest BCUT2D eigenvalue weighted by atomic mass is 10.2. The van der Waals surface area contributed by atoms with Crippen molar-refractivity contribution in [1.29, 1.82) is 0 Å². The van der Waals surface area contributed by atoms with Crippen LogP contribution in [0.4, 0.5) is 0 Å². The summed E-state index contributed by atoms with van der Waals surface area (Å²) in [6, 6.07) is 4.59. The number of hydrogen-bond acceptors (Lipinski definition) is 4. The molecular weight excluding hydrogens is 224 g/mol. The van der Waals surface area contributed by atoms with Crippen LogP contribution in [0.3, 0.4) is 0 Å². The zero-order chi connectivity index (χ0) is 10.7. The molecule has 1 atom stereocenters. The molecule has 0 saturated heterocycles. The van der Waals surface area contributed by atoms with Gasteiger partial charge >= 0.3 is 0 Å². The third-order valence-electron chi connectivity index (χ3n) is 2.16. The molecule has 2 nitrogen and oxygen atoms in total. The zero-order valence-corrected chi connectivity index (χ0v) is 10.5. The van der Waals surface area contributed by atoms with Crippen molar-refractivity contribution in [1.82, 2.24) is 10.3 Å². The van der Waals surface area contributed by atoms with Gasteiger partial charge in [0.05, 0.1) is 11.0 Å². The third kappa shape index (κ3) is 2.45. The van der Waals surface area contributed by atoms with Crippen molar-refractivity contribution in [3.8, 4) is 0 Å². The van der Waals surface area contributed by atoms with E-state index in [1.54, 1.807) is 22.7 Å². The largest absolute Gasteiger partial charge is 0.305 e. The van der Waals surface area contributed by atoms with Crippen LogP contribution in [0.2, 0.25) is 0 Å². The van der Waals surface area contributed by atoms with Gasteiger partial charge in [-0.3, -0.25) is 0 Å². The molecule has 0 aromatic carbocycles. The first-order valence-electron chi connectivity index (χ1n) is 5.00. The third-order valence-corrected chi connectivity index (χ3v) is 4.07. The fraction of sp³-hybridized carbons (Fsp3) is 0.364. The van der Waals surface area contributed by atoms with Crippen molar-refractivity contribution >= 4 is 22.7 Å². The monoisotopic (exact) mass is 238 g/mol. The Balaban J connectivity index is 2.27. The first-order valence-corrected chi connectivity index (χ1v) is 6.70. The highest BCUT2D eigenvalue weighted by Crippen LogP contribution is 2.29. The second-order valence-electron chi connectivity index (χ2n) is 3.29. The zero-order valence-electron chi connectivity index (χ0n) is 8.86. The maximum absolute atomic E-state index is 4.31. The summed E-state index contributed by atoms with van der Waals surface area (Å²) < 4.78 is 0. The van der Waals surface area contributed by atoms with E-state index in [-0.39, 0.29) is 0 Å². The van der Waals surface area contributed by atoms with Crippen LogP contribution >= 0.6 is 22.7 Å². The Bertz CT molecular complexity index is 406. The molecule has 0 spiro atoms. The molecule has 0 amide bonds. The molecule has 0 bridgehead atoms.